The van der Waals surface area contributed by atoms with Crippen molar-refractivity contribution in [1.82, 2.24) is 0 Å². The number of amides is 1. The van der Waals surface area contributed by atoms with Crippen LogP contribution < -0.4 is 11.5 Å². The molecule has 0 rings (SSSR count). The van der Waals surface area contributed by atoms with Gasteiger partial charge < -0.3 is 16.2 Å². The molecule has 0 saturated carbocycles. The van der Waals surface area contributed by atoms with Gasteiger partial charge in [-0.05, 0) is 11.6 Å². The number of hydrogen-bond donors (Lipinski definition) is 2. The Hall–Kier alpha value is -1.30. The first-order valence-electron chi connectivity index (χ1n) is 2.73. The van der Waals surface area contributed by atoms with Crippen molar-refractivity contribution in [2.45, 2.75) is 6.92 Å². The normalized spacial score (nSPS) is 7.25. The molecule has 7 heteroatoms. The quantitative estimate of drug-likeness (QED) is 0.183. The van der Waals surface area contributed by atoms with Gasteiger partial charge in [0.05, 0.1) is 7.11 Å². The number of carbonyl (C=O) groups excluding carboxylic acids is 2. The maximum Gasteiger partial charge on any atom is 0.342 e. The SMILES string of the molecule is COC(C)=O.NC(N)=NC(=O)Cl. The number of hydrogen-bond acceptors (Lipinski definition) is 3. The number of guanidine groups is 1. The fourth-order valence-corrected chi connectivity index (χ4v) is 0.199. The third kappa shape index (κ3) is 23.4. The molecule has 6 nitrogen and oxygen atoms in total. The Morgan fingerprint density at radius 1 is 1.42 bits per heavy atom. The van der Waals surface area contributed by atoms with Crippen molar-refractivity contribution < 1.29 is 14.3 Å². The second kappa shape index (κ2) is 7.80. The number of ether oxygens (including phenoxy) is 1. The number of aliphatic imine (C=N–C) groups is 1. The molecule has 0 spiro atoms. The maximum absolute atomic E-state index is 9.67. The van der Waals surface area contributed by atoms with Gasteiger partial charge in [0.25, 0.3) is 0 Å². The lowest BCUT2D eigenvalue weighted by molar-refractivity contribution is -0.137. The molecule has 0 atom stereocenters. The summed E-state index contributed by atoms with van der Waals surface area (Å²) >= 11 is 4.69. The van der Waals surface area contributed by atoms with Gasteiger partial charge in [-0.15, -0.1) is 0 Å². The summed E-state index contributed by atoms with van der Waals surface area (Å²) in [7, 11) is 1.35. The summed E-state index contributed by atoms with van der Waals surface area (Å²) < 4.78 is 4.11. The fraction of sp³-hybridized carbons (Fsp3) is 0.400. The van der Waals surface area contributed by atoms with Crippen LogP contribution in [-0.4, -0.2) is 24.4 Å². The Bertz CT molecular complexity index is 188. The minimum Gasteiger partial charge on any atom is -0.469 e. The molecule has 0 saturated heterocycles. The van der Waals surface area contributed by atoms with E-state index < -0.39 is 5.37 Å². The molecule has 0 bridgehead atoms. The van der Waals surface area contributed by atoms with Crippen LogP contribution in [0.3, 0.4) is 0 Å². The number of carbonyl (C=O) groups is 2. The second-order valence-corrected chi connectivity index (χ2v) is 1.81. The summed E-state index contributed by atoms with van der Waals surface area (Å²) in [5, 5.41) is -0.903. The van der Waals surface area contributed by atoms with Crippen molar-refractivity contribution in [2.24, 2.45) is 16.5 Å². The van der Waals surface area contributed by atoms with Crippen LogP contribution in [0.2, 0.25) is 0 Å². The van der Waals surface area contributed by atoms with Gasteiger partial charge in [-0.3, -0.25) is 9.59 Å². The molecule has 4 N–H and O–H groups in total. The molecule has 0 unspecified atom stereocenters. The maximum atomic E-state index is 9.67. The number of esters is 1. The van der Waals surface area contributed by atoms with E-state index in [-0.39, 0.29) is 11.9 Å². The minimum absolute atomic E-state index is 0.245. The van der Waals surface area contributed by atoms with E-state index >= 15 is 0 Å². The van der Waals surface area contributed by atoms with Crippen LogP contribution in [0.25, 0.3) is 0 Å². The van der Waals surface area contributed by atoms with E-state index in [9.17, 15) is 9.59 Å². The summed E-state index contributed by atoms with van der Waals surface area (Å²) in [6.45, 7) is 1.36. The van der Waals surface area contributed by atoms with Crippen LogP contribution in [0.15, 0.2) is 4.99 Å². The monoisotopic (exact) mass is 195 g/mol. The highest BCUT2D eigenvalue weighted by Gasteiger charge is 1.86. The van der Waals surface area contributed by atoms with Crippen molar-refractivity contribution in [3.05, 3.63) is 0 Å². The van der Waals surface area contributed by atoms with Gasteiger partial charge in [-0.1, -0.05) is 0 Å². The molecule has 0 aromatic rings. The molecule has 0 heterocycles. The van der Waals surface area contributed by atoms with Gasteiger partial charge in [-0.25, -0.2) is 0 Å². The van der Waals surface area contributed by atoms with E-state index in [1.165, 1.54) is 14.0 Å². The minimum atomic E-state index is -0.903. The Morgan fingerprint density at radius 3 is 1.75 bits per heavy atom. The predicted molar refractivity (Wildman–Crippen MR) is 44.7 cm³/mol. The topological polar surface area (TPSA) is 108 Å². The average molecular weight is 196 g/mol. The molecule has 0 aliphatic rings. The first kappa shape index (κ1) is 13.3. The Kier molecular flexibility index (Phi) is 8.65. The lowest BCUT2D eigenvalue weighted by atomic mass is 10.8. The molecule has 1 amide bonds. The molecule has 70 valence electrons. The standard InChI is InChI=1S/C3H6O2.C2H4ClN3O/c1-3(4)5-2;3-1(7)6-2(4)5/h1-2H3;(H4,4,5,6,7). The van der Waals surface area contributed by atoms with Crippen molar-refractivity contribution in [1.29, 1.82) is 0 Å². The summed E-state index contributed by atoms with van der Waals surface area (Å²) in [5.41, 5.74) is 9.43. The number of nitrogens with zero attached hydrogens (tertiary/aromatic N) is 1. The Balaban J connectivity index is 0. The van der Waals surface area contributed by atoms with Crippen molar-refractivity contribution in [3.8, 4) is 0 Å². The number of rotatable bonds is 0. The predicted octanol–water partition coefficient (Wildman–Crippen LogP) is -0.202. The largest absolute Gasteiger partial charge is 0.469 e. The van der Waals surface area contributed by atoms with E-state index in [0.717, 1.165) is 0 Å². The molecular weight excluding hydrogens is 186 g/mol. The van der Waals surface area contributed by atoms with Gasteiger partial charge >= 0.3 is 11.3 Å². The van der Waals surface area contributed by atoms with Gasteiger partial charge in [-0.2, -0.15) is 4.99 Å². The van der Waals surface area contributed by atoms with Gasteiger partial charge in [0.2, 0.25) is 0 Å². The van der Waals surface area contributed by atoms with E-state index in [4.69, 9.17) is 11.5 Å². The molecule has 0 aromatic carbocycles. The van der Waals surface area contributed by atoms with Crippen molar-refractivity contribution in [2.75, 3.05) is 7.11 Å². The fourth-order valence-electron chi connectivity index (χ4n) is 0.101. The zero-order valence-corrected chi connectivity index (χ0v) is 7.46. The molecule has 0 radical (unpaired) electrons. The highest BCUT2D eigenvalue weighted by Crippen LogP contribution is 1.80. The third-order valence-electron chi connectivity index (χ3n) is 0.504. The summed E-state index contributed by atoms with van der Waals surface area (Å²) in [6, 6.07) is 0. The van der Waals surface area contributed by atoms with Gasteiger partial charge in [0.1, 0.15) is 0 Å². The molecular formula is C5H10ClN3O3. The molecule has 0 fully saturated rings. The molecule has 0 aliphatic carbocycles. The Labute approximate surface area is 74.5 Å². The first-order chi connectivity index (χ1) is 5.40. The van der Waals surface area contributed by atoms with E-state index in [1.807, 2.05) is 0 Å². The van der Waals surface area contributed by atoms with Gasteiger partial charge in [0, 0.05) is 6.92 Å². The molecule has 0 aromatic heterocycles. The smallest absolute Gasteiger partial charge is 0.342 e. The van der Waals surface area contributed by atoms with Crippen molar-refractivity contribution >= 4 is 28.9 Å². The van der Waals surface area contributed by atoms with Crippen LogP contribution >= 0.6 is 11.6 Å². The van der Waals surface area contributed by atoms with Crippen LogP contribution in [0.4, 0.5) is 4.79 Å². The summed E-state index contributed by atoms with van der Waals surface area (Å²) in [5.74, 6) is -0.565. The van der Waals surface area contributed by atoms with E-state index in [2.05, 4.69) is 21.3 Å². The van der Waals surface area contributed by atoms with E-state index in [1.54, 1.807) is 0 Å². The molecule has 0 aliphatic heterocycles. The number of halogens is 1. The zero-order chi connectivity index (χ0) is 10.1. The van der Waals surface area contributed by atoms with Gasteiger partial charge in [0.15, 0.2) is 5.96 Å². The lowest BCUT2D eigenvalue weighted by Crippen LogP contribution is -2.23. The Morgan fingerprint density at radius 2 is 1.75 bits per heavy atom. The van der Waals surface area contributed by atoms with E-state index in [0.29, 0.717) is 0 Å². The van der Waals surface area contributed by atoms with Crippen LogP contribution in [0.1, 0.15) is 6.92 Å². The zero-order valence-electron chi connectivity index (χ0n) is 6.70. The summed E-state index contributed by atoms with van der Waals surface area (Å²) in [6.07, 6.45) is 0. The van der Waals surface area contributed by atoms with Crippen LogP contribution in [0, 0.1) is 0 Å². The summed E-state index contributed by atoms with van der Waals surface area (Å²) in [4.78, 5) is 22.1. The van der Waals surface area contributed by atoms with Crippen LogP contribution in [-0.2, 0) is 9.53 Å². The highest BCUT2D eigenvalue weighted by atomic mass is 35.5. The van der Waals surface area contributed by atoms with Crippen molar-refractivity contribution in [3.63, 3.8) is 0 Å². The van der Waals surface area contributed by atoms with Crippen LogP contribution in [0.5, 0.6) is 0 Å². The lowest BCUT2D eigenvalue weighted by Gasteiger charge is -1.80. The molecule has 12 heavy (non-hydrogen) atoms. The third-order valence-corrected chi connectivity index (χ3v) is 0.589. The second-order valence-electron chi connectivity index (χ2n) is 1.49. The first-order valence-corrected chi connectivity index (χ1v) is 3.11. The highest BCUT2D eigenvalue weighted by molar-refractivity contribution is 6.63. The average Bonchev–Trinajstić information content (AvgIpc) is 1.85. The number of nitrogens with two attached hydrogens (primary N) is 2. The number of methoxy groups -OCH3 is 1.